The van der Waals surface area contributed by atoms with Crippen molar-refractivity contribution in [3.05, 3.63) is 34.3 Å². The van der Waals surface area contributed by atoms with Gasteiger partial charge in [-0.3, -0.25) is 4.79 Å². The molecule has 1 fully saturated rings. The number of nitrogens with two attached hydrogens (primary N) is 1. The van der Waals surface area contributed by atoms with Crippen molar-refractivity contribution in [3.63, 3.8) is 0 Å². The Hall–Kier alpha value is -0.870. The average molecular weight is 339 g/mol. The summed E-state index contributed by atoms with van der Waals surface area (Å²) in [4.78, 5) is 11.8. The van der Waals surface area contributed by atoms with E-state index in [0.717, 1.165) is 17.3 Å². The third-order valence-electron chi connectivity index (χ3n) is 4.26. The van der Waals surface area contributed by atoms with Crippen molar-refractivity contribution in [2.24, 2.45) is 5.73 Å². The Balaban J connectivity index is 2.19. The fourth-order valence-electron chi connectivity index (χ4n) is 3.03. The van der Waals surface area contributed by atoms with Crippen molar-refractivity contribution < 1.29 is 4.79 Å². The normalized spacial score (nSPS) is 19.4. The molecule has 1 saturated carbocycles. The van der Waals surface area contributed by atoms with Gasteiger partial charge in [0.1, 0.15) is 0 Å². The van der Waals surface area contributed by atoms with Crippen LogP contribution in [-0.2, 0) is 10.2 Å². The molecule has 2 rings (SSSR count). The third-order valence-corrected chi connectivity index (χ3v) is 4.76. The van der Waals surface area contributed by atoms with Crippen LogP contribution in [0.25, 0.3) is 0 Å². The second-order valence-electron chi connectivity index (χ2n) is 5.86. The number of carbonyl (C=O) groups excluding carboxylic acids is 1. The van der Waals surface area contributed by atoms with Crippen molar-refractivity contribution in [1.82, 2.24) is 5.32 Å². The molecular formula is C16H23BrN2O. The molecule has 1 amide bonds. The van der Waals surface area contributed by atoms with E-state index in [1.165, 1.54) is 24.8 Å². The molecular weight excluding hydrogens is 316 g/mol. The number of amides is 1. The number of nitrogens with one attached hydrogen (secondary N) is 1. The van der Waals surface area contributed by atoms with Gasteiger partial charge in [0.25, 0.3) is 0 Å². The van der Waals surface area contributed by atoms with Gasteiger partial charge in [0, 0.05) is 16.4 Å². The van der Waals surface area contributed by atoms with E-state index in [1.807, 2.05) is 6.07 Å². The Morgan fingerprint density at radius 2 is 2.10 bits per heavy atom. The molecule has 0 saturated heterocycles. The number of halogens is 1. The molecule has 1 atom stereocenters. The molecule has 1 aromatic rings. The van der Waals surface area contributed by atoms with Crippen LogP contribution in [0.5, 0.6) is 0 Å². The summed E-state index contributed by atoms with van der Waals surface area (Å²) < 4.78 is 1.10. The molecule has 3 N–H and O–H groups in total. The first-order chi connectivity index (χ1) is 9.53. The molecule has 0 spiro atoms. The third kappa shape index (κ3) is 3.61. The second kappa shape index (κ2) is 6.72. The number of hydrogen-bond donors (Lipinski definition) is 2. The maximum absolute atomic E-state index is 11.8. The molecule has 1 aliphatic carbocycles. The van der Waals surface area contributed by atoms with E-state index in [1.54, 1.807) is 6.92 Å². The summed E-state index contributed by atoms with van der Waals surface area (Å²) in [5.41, 5.74) is 7.02. The lowest BCUT2D eigenvalue weighted by atomic mass is 9.69. The maximum Gasteiger partial charge on any atom is 0.236 e. The van der Waals surface area contributed by atoms with Gasteiger partial charge in [0.15, 0.2) is 0 Å². The highest BCUT2D eigenvalue weighted by molar-refractivity contribution is 9.10. The van der Waals surface area contributed by atoms with Gasteiger partial charge >= 0.3 is 0 Å². The Morgan fingerprint density at radius 1 is 1.40 bits per heavy atom. The van der Waals surface area contributed by atoms with Crippen LogP contribution in [0, 0.1) is 0 Å². The minimum absolute atomic E-state index is 0.0621. The predicted molar refractivity (Wildman–Crippen MR) is 85.6 cm³/mol. The summed E-state index contributed by atoms with van der Waals surface area (Å²) in [6.07, 6.45) is 5.99. The predicted octanol–water partition coefficient (Wildman–Crippen LogP) is 3.11. The SMILES string of the molecule is C[C@@H](N)C(=O)NCC1(c2cccc(Br)c2)CCCCC1. The van der Waals surface area contributed by atoms with E-state index in [4.69, 9.17) is 5.73 Å². The van der Waals surface area contributed by atoms with Gasteiger partial charge in [0.05, 0.1) is 6.04 Å². The van der Waals surface area contributed by atoms with Gasteiger partial charge in [-0.15, -0.1) is 0 Å². The summed E-state index contributed by atoms with van der Waals surface area (Å²) in [7, 11) is 0. The summed E-state index contributed by atoms with van der Waals surface area (Å²) >= 11 is 3.55. The molecule has 0 unspecified atom stereocenters. The van der Waals surface area contributed by atoms with Crippen molar-refractivity contribution in [2.75, 3.05) is 6.54 Å². The first-order valence-electron chi connectivity index (χ1n) is 7.33. The standard InChI is InChI=1S/C16H23BrN2O/c1-12(18)15(20)19-11-16(8-3-2-4-9-16)13-6-5-7-14(17)10-13/h5-7,10,12H,2-4,8-9,11,18H2,1H3,(H,19,20)/t12-/m1/s1. The first kappa shape index (κ1) is 15.5. The molecule has 20 heavy (non-hydrogen) atoms. The van der Waals surface area contributed by atoms with Crippen LogP contribution in [0.1, 0.15) is 44.6 Å². The van der Waals surface area contributed by atoms with Gasteiger partial charge in [-0.25, -0.2) is 0 Å². The largest absolute Gasteiger partial charge is 0.354 e. The Kier molecular flexibility index (Phi) is 5.22. The van der Waals surface area contributed by atoms with Crippen LogP contribution in [0.3, 0.4) is 0 Å². The van der Waals surface area contributed by atoms with E-state index in [-0.39, 0.29) is 11.3 Å². The van der Waals surface area contributed by atoms with Gasteiger partial charge in [0.2, 0.25) is 5.91 Å². The Morgan fingerprint density at radius 3 is 2.70 bits per heavy atom. The van der Waals surface area contributed by atoms with E-state index < -0.39 is 6.04 Å². The Labute approximate surface area is 129 Å². The van der Waals surface area contributed by atoms with Crippen molar-refractivity contribution in [1.29, 1.82) is 0 Å². The minimum atomic E-state index is -0.446. The molecule has 1 aromatic carbocycles. The minimum Gasteiger partial charge on any atom is -0.354 e. The lowest BCUT2D eigenvalue weighted by molar-refractivity contribution is -0.122. The summed E-state index contributed by atoms with van der Waals surface area (Å²) in [6, 6.07) is 8.03. The van der Waals surface area contributed by atoms with Gasteiger partial charge < -0.3 is 11.1 Å². The van der Waals surface area contributed by atoms with Crippen LogP contribution in [0.4, 0.5) is 0 Å². The number of rotatable bonds is 4. The van der Waals surface area contributed by atoms with E-state index >= 15 is 0 Å². The van der Waals surface area contributed by atoms with Crippen LogP contribution in [-0.4, -0.2) is 18.5 Å². The van der Waals surface area contributed by atoms with Crippen molar-refractivity contribution in [2.45, 2.75) is 50.5 Å². The highest BCUT2D eigenvalue weighted by Gasteiger charge is 2.34. The van der Waals surface area contributed by atoms with Gasteiger partial charge in [-0.05, 0) is 37.5 Å². The molecule has 0 bridgehead atoms. The average Bonchev–Trinajstić information content (AvgIpc) is 2.45. The highest BCUT2D eigenvalue weighted by atomic mass is 79.9. The smallest absolute Gasteiger partial charge is 0.236 e. The number of hydrogen-bond acceptors (Lipinski definition) is 2. The molecule has 110 valence electrons. The van der Waals surface area contributed by atoms with E-state index in [2.05, 4.69) is 39.4 Å². The molecule has 4 heteroatoms. The van der Waals surface area contributed by atoms with Crippen LogP contribution in [0.2, 0.25) is 0 Å². The van der Waals surface area contributed by atoms with Crippen LogP contribution in [0.15, 0.2) is 28.7 Å². The lowest BCUT2D eigenvalue weighted by Gasteiger charge is -2.38. The molecule has 0 aromatic heterocycles. The topological polar surface area (TPSA) is 55.1 Å². The molecule has 1 aliphatic rings. The number of carbonyl (C=O) groups is 1. The van der Waals surface area contributed by atoms with Crippen molar-refractivity contribution in [3.8, 4) is 0 Å². The summed E-state index contributed by atoms with van der Waals surface area (Å²) in [5, 5.41) is 3.03. The molecule has 0 heterocycles. The fraction of sp³-hybridized carbons (Fsp3) is 0.562. The Bertz CT molecular complexity index is 467. The van der Waals surface area contributed by atoms with E-state index in [9.17, 15) is 4.79 Å². The second-order valence-corrected chi connectivity index (χ2v) is 6.77. The molecule has 0 aliphatic heterocycles. The molecule has 0 radical (unpaired) electrons. The maximum atomic E-state index is 11.8. The zero-order chi connectivity index (χ0) is 14.6. The molecule has 3 nitrogen and oxygen atoms in total. The summed E-state index contributed by atoms with van der Waals surface area (Å²) in [5.74, 6) is -0.0649. The van der Waals surface area contributed by atoms with Gasteiger partial charge in [-0.2, -0.15) is 0 Å². The monoisotopic (exact) mass is 338 g/mol. The van der Waals surface area contributed by atoms with E-state index in [0.29, 0.717) is 6.54 Å². The number of benzene rings is 1. The quantitative estimate of drug-likeness (QED) is 0.886. The fourth-order valence-corrected chi connectivity index (χ4v) is 3.43. The lowest BCUT2D eigenvalue weighted by Crippen LogP contribution is -2.46. The van der Waals surface area contributed by atoms with Crippen LogP contribution >= 0.6 is 15.9 Å². The first-order valence-corrected chi connectivity index (χ1v) is 8.12. The zero-order valence-corrected chi connectivity index (χ0v) is 13.6. The highest BCUT2D eigenvalue weighted by Crippen LogP contribution is 2.39. The summed E-state index contributed by atoms with van der Waals surface area (Å²) in [6.45, 7) is 2.41. The zero-order valence-electron chi connectivity index (χ0n) is 12.0. The van der Waals surface area contributed by atoms with Crippen LogP contribution < -0.4 is 11.1 Å². The van der Waals surface area contributed by atoms with Crippen molar-refractivity contribution >= 4 is 21.8 Å². The van der Waals surface area contributed by atoms with Gasteiger partial charge in [-0.1, -0.05) is 47.3 Å².